The van der Waals surface area contributed by atoms with Crippen LogP contribution >= 0.6 is 0 Å². The molecular weight excluding hydrogens is 427 g/mol. The number of hydrogen-bond acceptors (Lipinski definition) is 5. The van der Waals surface area contributed by atoms with Crippen LogP contribution in [0.2, 0.25) is 14.8 Å². The zero-order chi connectivity index (χ0) is 18.0. The van der Waals surface area contributed by atoms with Crippen molar-refractivity contribution in [3.8, 4) is 5.88 Å². The second kappa shape index (κ2) is 7.55. The molecule has 0 atom stereocenters. The van der Waals surface area contributed by atoms with Crippen LogP contribution in [-0.4, -0.2) is 76.7 Å². The molecule has 2 aliphatic heterocycles. The van der Waals surface area contributed by atoms with Gasteiger partial charge in [-0.2, -0.15) is 0 Å². The van der Waals surface area contributed by atoms with Crippen molar-refractivity contribution < 1.29 is 14.6 Å². The third-order valence-electron chi connectivity index (χ3n) is 4.89. The van der Waals surface area contributed by atoms with Crippen LogP contribution in [0.4, 0.5) is 10.6 Å². The topological polar surface area (TPSA) is 78.8 Å². The molecule has 0 bridgehead atoms. The summed E-state index contributed by atoms with van der Waals surface area (Å²) in [7, 11) is 0. The quantitative estimate of drug-likeness (QED) is 0.702. The van der Waals surface area contributed by atoms with E-state index in [4.69, 9.17) is 19.8 Å². The fourth-order valence-electron chi connectivity index (χ4n) is 3.27. The summed E-state index contributed by atoms with van der Waals surface area (Å²) >= 11 is -2.34. The average Bonchev–Trinajstić information content (AvgIpc) is 3.08. The molecule has 1 N–H and O–H groups in total. The number of anilines is 1. The SMILES string of the molecule is [CH3][Sn]([CH3])([CH3])[c]1cnc(N2CCCC2)c(OC2CCN(C(=O)O)CC2)n1. The zero-order valence-electron chi connectivity index (χ0n) is 15.4. The van der Waals surface area contributed by atoms with Crippen molar-refractivity contribution in [3.05, 3.63) is 6.20 Å². The van der Waals surface area contributed by atoms with E-state index in [-0.39, 0.29) is 6.10 Å². The Morgan fingerprint density at radius 2 is 1.84 bits per heavy atom. The van der Waals surface area contributed by atoms with Gasteiger partial charge in [0.05, 0.1) is 0 Å². The fraction of sp³-hybridized carbons (Fsp3) is 0.706. The standard InChI is InChI=1S/C14H19N4O3.3CH3.Sn/c19-14(20)18-9-3-11(4-10-18)21-13-12(15-5-6-16-13)17-7-1-2-8-17;;;;/h5,11H,1-4,7-10H2,(H,19,20);3*1H3;. The number of likely N-dealkylation sites (tertiary alicyclic amines) is 1. The monoisotopic (exact) mass is 456 g/mol. The molecule has 2 saturated heterocycles. The van der Waals surface area contributed by atoms with E-state index in [1.807, 2.05) is 6.20 Å². The number of ether oxygens (including phenoxy) is 1. The first-order valence-corrected chi connectivity index (χ1v) is 19.1. The van der Waals surface area contributed by atoms with Gasteiger partial charge in [0, 0.05) is 0 Å². The Bertz CT molecular complexity index is 621. The van der Waals surface area contributed by atoms with E-state index in [9.17, 15) is 4.79 Å². The minimum absolute atomic E-state index is 0.0108. The Morgan fingerprint density at radius 1 is 1.20 bits per heavy atom. The maximum absolute atomic E-state index is 11.1. The molecule has 138 valence electrons. The molecule has 1 aromatic rings. The molecule has 1 amide bonds. The Kier molecular flexibility index (Phi) is 5.60. The molecule has 3 heterocycles. The van der Waals surface area contributed by atoms with Crippen molar-refractivity contribution in [1.82, 2.24) is 14.9 Å². The van der Waals surface area contributed by atoms with Crippen LogP contribution in [0.5, 0.6) is 5.88 Å². The van der Waals surface area contributed by atoms with E-state index in [2.05, 4.69) is 19.7 Å². The third-order valence-corrected chi connectivity index (χ3v) is 9.96. The van der Waals surface area contributed by atoms with Crippen molar-refractivity contribution in [1.29, 1.82) is 0 Å². The van der Waals surface area contributed by atoms with Crippen LogP contribution in [0, 0.1) is 0 Å². The molecule has 1 aromatic heterocycles. The number of carbonyl (C=O) groups is 1. The second-order valence-electron chi connectivity index (χ2n) is 7.91. The van der Waals surface area contributed by atoms with Gasteiger partial charge in [-0.3, -0.25) is 0 Å². The molecule has 0 spiro atoms. The molecule has 0 saturated carbocycles. The number of hydrogen-bond donors (Lipinski definition) is 1. The predicted molar refractivity (Wildman–Crippen MR) is 99.7 cm³/mol. The molecule has 7 nitrogen and oxygen atoms in total. The Balaban J connectivity index is 1.79. The summed E-state index contributed by atoms with van der Waals surface area (Å²) in [4.78, 5) is 31.3. The molecule has 0 aliphatic carbocycles. The van der Waals surface area contributed by atoms with E-state index in [1.54, 1.807) is 0 Å². The minimum atomic E-state index is -2.34. The van der Waals surface area contributed by atoms with Gasteiger partial charge in [-0.1, -0.05) is 0 Å². The maximum atomic E-state index is 11.1. The number of aromatic nitrogens is 2. The summed E-state index contributed by atoms with van der Waals surface area (Å²) in [5, 5.41) is 9.09. The van der Waals surface area contributed by atoms with Gasteiger partial charge in [0.2, 0.25) is 0 Å². The Morgan fingerprint density at radius 3 is 2.40 bits per heavy atom. The normalized spacial score (nSPS) is 19.3. The number of amides is 1. The molecule has 3 rings (SSSR count). The van der Waals surface area contributed by atoms with E-state index in [0.29, 0.717) is 31.8 Å². The van der Waals surface area contributed by atoms with Crippen LogP contribution in [0.15, 0.2) is 6.20 Å². The van der Waals surface area contributed by atoms with Gasteiger partial charge in [-0.05, 0) is 0 Å². The van der Waals surface area contributed by atoms with Crippen LogP contribution in [0.25, 0.3) is 0 Å². The fourth-order valence-corrected chi connectivity index (χ4v) is 5.81. The van der Waals surface area contributed by atoms with Crippen molar-refractivity contribution in [2.75, 3.05) is 31.1 Å². The van der Waals surface area contributed by atoms with Crippen LogP contribution in [0.1, 0.15) is 25.7 Å². The first kappa shape index (κ1) is 18.5. The molecule has 0 unspecified atom stereocenters. The molecule has 0 radical (unpaired) electrons. The number of piperidine rings is 1. The van der Waals surface area contributed by atoms with E-state index >= 15 is 0 Å². The van der Waals surface area contributed by atoms with Crippen molar-refractivity contribution in [2.45, 2.75) is 46.6 Å². The summed E-state index contributed by atoms with van der Waals surface area (Å²) in [6.07, 6.45) is 4.88. The van der Waals surface area contributed by atoms with Gasteiger partial charge >= 0.3 is 153 Å². The number of rotatable bonds is 4. The van der Waals surface area contributed by atoms with Gasteiger partial charge in [-0.25, -0.2) is 0 Å². The van der Waals surface area contributed by atoms with Crippen molar-refractivity contribution in [3.63, 3.8) is 0 Å². The first-order valence-electron chi connectivity index (χ1n) is 9.11. The summed E-state index contributed by atoms with van der Waals surface area (Å²) in [5.74, 6) is 1.51. The van der Waals surface area contributed by atoms with Crippen LogP contribution in [0.3, 0.4) is 0 Å². The average molecular weight is 455 g/mol. The molecule has 25 heavy (non-hydrogen) atoms. The molecule has 2 aliphatic rings. The van der Waals surface area contributed by atoms with Crippen molar-refractivity contribution >= 4 is 34.0 Å². The second-order valence-corrected chi connectivity index (χ2v) is 22.2. The predicted octanol–water partition coefficient (Wildman–Crippen LogP) is 2.14. The van der Waals surface area contributed by atoms with Gasteiger partial charge in [0.25, 0.3) is 0 Å². The van der Waals surface area contributed by atoms with E-state index < -0.39 is 24.5 Å². The van der Waals surface area contributed by atoms with Crippen LogP contribution in [-0.2, 0) is 0 Å². The number of nitrogens with zero attached hydrogens (tertiary/aromatic N) is 4. The summed E-state index contributed by atoms with van der Waals surface area (Å²) in [6.45, 7) is 3.04. The van der Waals surface area contributed by atoms with Gasteiger partial charge in [0.1, 0.15) is 0 Å². The van der Waals surface area contributed by atoms with Gasteiger partial charge in [-0.15, -0.1) is 0 Å². The Hall–Kier alpha value is -1.25. The van der Waals surface area contributed by atoms with Gasteiger partial charge in [0.15, 0.2) is 0 Å². The van der Waals surface area contributed by atoms with Gasteiger partial charge < -0.3 is 0 Å². The van der Waals surface area contributed by atoms with Crippen LogP contribution < -0.4 is 13.3 Å². The van der Waals surface area contributed by atoms with E-state index in [1.165, 1.54) is 17.7 Å². The molecule has 2 fully saturated rings. The summed E-state index contributed by atoms with van der Waals surface area (Å²) in [6, 6.07) is 0. The zero-order valence-corrected chi connectivity index (χ0v) is 18.2. The Labute approximate surface area is 153 Å². The molecule has 8 heteroatoms. The molecule has 0 aromatic carbocycles. The summed E-state index contributed by atoms with van der Waals surface area (Å²) < 4.78 is 7.38. The molecular formula is C17H28N4O3Sn. The first-order chi connectivity index (χ1) is 11.8. The van der Waals surface area contributed by atoms with Crippen molar-refractivity contribution in [2.24, 2.45) is 0 Å². The van der Waals surface area contributed by atoms with E-state index in [0.717, 1.165) is 22.6 Å². The summed E-state index contributed by atoms with van der Waals surface area (Å²) in [5.41, 5.74) is 0. The number of carboxylic acid groups (broad SMARTS) is 1. The third kappa shape index (κ3) is 4.48.